The molecular weight excluding hydrogens is 288 g/mol. The first-order chi connectivity index (χ1) is 10.0. The third kappa shape index (κ3) is 3.56. The molecule has 0 radical (unpaired) electrons. The van der Waals surface area contributed by atoms with Gasteiger partial charge < -0.3 is 10.1 Å². The van der Waals surface area contributed by atoms with Crippen LogP contribution in [0.4, 0.5) is 0 Å². The van der Waals surface area contributed by atoms with Crippen LogP contribution in [0.5, 0.6) is 5.75 Å². The molecule has 5 nitrogen and oxygen atoms in total. The lowest BCUT2D eigenvalue weighted by atomic mass is 10.2. The van der Waals surface area contributed by atoms with Crippen molar-refractivity contribution in [1.82, 2.24) is 9.62 Å². The summed E-state index contributed by atoms with van der Waals surface area (Å²) in [4.78, 5) is 0.272. The summed E-state index contributed by atoms with van der Waals surface area (Å²) in [6.45, 7) is 5.89. The van der Waals surface area contributed by atoms with Gasteiger partial charge in [0.2, 0.25) is 10.0 Å². The van der Waals surface area contributed by atoms with Gasteiger partial charge in [0.05, 0.1) is 7.11 Å². The van der Waals surface area contributed by atoms with Crippen molar-refractivity contribution in [1.29, 1.82) is 0 Å². The van der Waals surface area contributed by atoms with Gasteiger partial charge in [0, 0.05) is 19.1 Å². The van der Waals surface area contributed by atoms with Gasteiger partial charge in [-0.25, -0.2) is 8.42 Å². The normalized spacial score (nSPS) is 15.4. The zero-order valence-corrected chi connectivity index (χ0v) is 13.7. The van der Waals surface area contributed by atoms with Gasteiger partial charge in [0.25, 0.3) is 0 Å². The topological polar surface area (TPSA) is 58.6 Å². The first-order valence-corrected chi connectivity index (χ1v) is 8.88. The summed E-state index contributed by atoms with van der Waals surface area (Å²) in [5.74, 6) is 0.411. The Morgan fingerprint density at radius 1 is 1.33 bits per heavy atom. The van der Waals surface area contributed by atoms with E-state index in [-0.39, 0.29) is 10.9 Å². The molecule has 1 aromatic carbocycles. The van der Waals surface area contributed by atoms with Crippen LogP contribution in [0.2, 0.25) is 0 Å². The van der Waals surface area contributed by atoms with Crippen LogP contribution >= 0.6 is 0 Å². The van der Waals surface area contributed by atoms with E-state index in [2.05, 4.69) is 5.32 Å². The fraction of sp³-hybridized carbons (Fsp3) is 0.600. The van der Waals surface area contributed by atoms with E-state index in [9.17, 15) is 8.42 Å². The Kier molecular flexibility index (Phi) is 5.24. The van der Waals surface area contributed by atoms with E-state index in [1.165, 1.54) is 7.11 Å². The molecular formula is C15H24N2O3S. The van der Waals surface area contributed by atoms with E-state index in [0.29, 0.717) is 18.8 Å². The predicted molar refractivity (Wildman–Crippen MR) is 83.0 cm³/mol. The average molecular weight is 312 g/mol. The number of hydrogen-bond donors (Lipinski definition) is 1. The predicted octanol–water partition coefficient (Wildman–Crippen LogP) is 1.98. The summed E-state index contributed by atoms with van der Waals surface area (Å²) in [7, 11) is -1.99. The molecule has 0 aliphatic heterocycles. The van der Waals surface area contributed by atoms with Gasteiger partial charge in [0.1, 0.15) is 10.6 Å². The molecule has 1 aromatic rings. The first-order valence-electron chi connectivity index (χ1n) is 7.44. The molecule has 6 heteroatoms. The van der Waals surface area contributed by atoms with Crippen molar-refractivity contribution in [2.75, 3.05) is 20.2 Å². The second-order valence-corrected chi connectivity index (χ2v) is 7.06. The van der Waals surface area contributed by atoms with Gasteiger partial charge in [-0.2, -0.15) is 4.31 Å². The summed E-state index contributed by atoms with van der Waals surface area (Å²) in [6.07, 6.45) is 1.90. The van der Waals surface area contributed by atoms with E-state index in [0.717, 1.165) is 24.9 Å². The maximum absolute atomic E-state index is 12.9. The van der Waals surface area contributed by atoms with E-state index < -0.39 is 10.0 Å². The highest BCUT2D eigenvalue weighted by atomic mass is 32.2. The molecule has 118 valence electrons. The van der Waals surface area contributed by atoms with Crippen LogP contribution < -0.4 is 10.1 Å². The van der Waals surface area contributed by atoms with Crippen LogP contribution in [0.25, 0.3) is 0 Å². The fourth-order valence-electron chi connectivity index (χ4n) is 2.42. The smallest absolute Gasteiger partial charge is 0.247 e. The van der Waals surface area contributed by atoms with Gasteiger partial charge in [-0.05, 0) is 37.1 Å². The minimum Gasteiger partial charge on any atom is -0.495 e. The number of nitrogens with one attached hydrogen (secondary N) is 1. The zero-order valence-electron chi connectivity index (χ0n) is 12.9. The molecule has 0 aromatic heterocycles. The molecule has 0 unspecified atom stereocenters. The van der Waals surface area contributed by atoms with Crippen LogP contribution in [-0.4, -0.2) is 39.0 Å². The monoisotopic (exact) mass is 312 g/mol. The quantitative estimate of drug-likeness (QED) is 0.797. The van der Waals surface area contributed by atoms with Gasteiger partial charge >= 0.3 is 0 Å². The number of methoxy groups -OCH3 is 1. The van der Waals surface area contributed by atoms with Gasteiger partial charge in [-0.15, -0.1) is 0 Å². The van der Waals surface area contributed by atoms with E-state index in [1.54, 1.807) is 16.4 Å². The molecule has 0 heterocycles. The Bertz CT molecular complexity index is 583. The summed E-state index contributed by atoms with van der Waals surface area (Å²) in [6, 6.07) is 5.51. The SMILES string of the molecule is CCNCc1ccc(OC)c(S(=O)(=O)N(CC)C2CC2)c1. The molecule has 1 fully saturated rings. The number of ether oxygens (including phenoxy) is 1. The van der Waals surface area contributed by atoms with Crippen LogP contribution in [0, 0.1) is 0 Å². The number of rotatable bonds is 8. The van der Waals surface area contributed by atoms with Gasteiger partial charge in [-0.1, -0.05) is 19.9 Å². The zero-order chi connectivity index (χ0) is 15.5. The maximum Gasteiger partial charge on any atom is 0.247 e. The second-order valence-electron chi connectivity index (χ2n) is 5.21. The molecule has 0 atom stereocenters. The van der Waals surface area contributed by atoms with Crippen molar-refractivity contribution in [3.63, 3.8) is 0 Å². The Balaban J connectivity index is 2.39. The highest BCUT2D eigenvalue weighted by molar-refractivity contribution is 7.89. The Morgan fingerprint density at radius 3 is 2.57 bits per heavy atom. The Hall–Kier alpha value is -1.11. The standard InChI is InChI=1S/C15H24N2O3S/c1-4-16-11-12-6-9-14(20-3)15(10-12)21(18,19)17(5-2)13-7-8-13/h6,9-10,13,16H,4-5,7-8,11H2,1-3H3. The summed E-state index contributed by atoms with van der Waals surface area (Å²) < 4.78 is 32.6. The Morgan fingerprint density at radius 2 is 2.05 bits per heavy atom. The van der Waals surface area contributed by atoms with Crippen LogP contribution in [0.3, 0.4) is 0 Å². The summed E-state index contributed by atoms with van der Waals surface area (Å²) in [5, 5.41) is 3.21. The Labute approximate surface area is 127 Å². The van der Waals surface area contributed by atoms with Gasteiger partial charge in [0.15, 0.2) is 0 Å². The third-order valence-electron chi connectivity index (χ3n) is 3.66. The highest BCUT2D eigenvalue weighted by Crippen LogP contribution is 2.35. The van der Waals surface area contributed by atoms with Crippen LogP contribution in [0.15, 0.2) is 23.1 Å². The molecule has 21 heavy (non-hydrogen) atoms. The van der Waals surface area contributed by atoms with E-state index in [1.807, 2.05) is 19.9 Å². The molecule has 1 aliphatic rings. The average Bonchev–Trinajstić information content (AvgIpc) is 3.30. The van der Waals surface area contributed by atoms with Crippen molar-refractivity contribution < 1.29 is 13.2 Å². The van der Waals surface area contributed by atoms with E-state index in [4.69, 9.17) is 4.74 Å². The summed E-state index contributed by atoms with van der Waals surface area (Å²) in [5.41, 5.74) is 0.947. The molecule has 1 saturated carbocycles. The number of benzene rings is 1. The van der Waals surface area contributed by atoms with Crippen LogP contribution in [-0.2, 0) is 16.6 Å². The number of nitrogens with zero attached hydrogens (tertiary/aromatic N) is 1. The lowest BCUT2D eigenvalue weighted by molar-refractivity contribution is 0.390. The number of sulfonamides is 1. The lowest BCUT2D eigenvalue weighted by Crippen LogP contribution is -2.33. The fourth-order valence-corrected chi connectivity index (χ4v) is 4.32. The van der Waals surface area contributed by atoms with Crippen LogP contribution in [0.1, 0.15) is 32.3 Å². The maximum atomic E-state index is 12.9. The second kappa shape index (κ2) is 6.77. The number of hydrogen-bond acceptors (Lipinski definition) is 4. The molecule has 0 saturated heterocycles. The molecule has 1 N–H and O–H groups in total. The molecule has 0 spiro atoms. The molecule has 1 aliphatic carbocycles. The molecule has 0 amide bonds. The van der Waals surface area contributed by atoms with Gasteiger partial charge in [-0.3, -0.25) is 0 Å². The molecule has 0 bridgehead atoms. The van der Waals surface area contributed by atoms with Crippen molar-refractivity contribution >= 4 is 10.0 Å². The third-order valence-corrected chi connectivity index (χ3v) is 5.71. The van der Waals surface area contributed by atoms with Crippen molar-refractivity contribution in [3.8, 4) is 5.75 Å². The van der Waals surface area contributed by atoms with Crippen molar-refractivity contribution in [3.05, 3.63) is 23.8 Å². The minimum absolute atomic E-state index is 0.155. The lowest BCUT2D eigenvalue weighted by Gasteiger charge is -2.21. The molecule has 2 rings (SSSR count). The van der Waals surface area contributed by atoms with Crippen molar-refractivity contribution in [2.24, 2.45) is 0 Å². The highest BCUT2D eigenvalue weighted by Gasteiger charge is 2.38. The largest absolute Gasteiger partial charge is 0.495 e. The first kappa shape index (κ1) is 16.3. The minimum atomic E-state index is -3.50. The summed E-state index contributed by atoms with van der Waals surface area (Å²) >= 11 is 0. The van der Waals surface area contributed by atoms with Crippen molar-refractivity contribution in [2.45, 2.75) is 44.2 Å². The van der Waals surface area contributed by atoms with E-state index >= 15 is 0 Å².